The number of aldehydes is 1. The minimum absolute atomic E-state index is 0.0432. The second kappa shape index (κ2) is 4.69. The van der Waals surface area contributed by atoms with Gasteiger partial charge in [-0.15, -0.1) is 10.2 Å². The van der Waals surface area contributed by atoms with Crippen LogP contribution in [0.5, 0.6) is 0 Å². The Balaban J connectivity index is 2.30. The smallest absolute Gasteiger partial charge is 0.298 e. The molecule has 106 valence electrons. The van der Waals surface area contributed by atoms with E-state index in [0.29, 0.717) is 6.29 Å². The lowest BCUT2D eigenvalue weighted by molar-refractivity contribution is -0.137. The van der Waals surface area contributed by atoms with Crippen molar-refractivity contribution in [2.75, 3.05) is 0 Å². The van der Waals surface area contributed by atoms with Crippen LogP contribution in [-0.4, -0.2) is 20.9 Å². The van der Waals surface area contributed by atoms with Gasteiger partial charge in [0.1, 0.15) is 0 Å². The molecular formula is C14H8F3N3O. The third kappa shape index (κ3) is 2.16. The Morgan fingerprint density at radius 2 is 1.81 bits per heavy atom. The summed E-state index contributed by atoms with van der Waals surface area (Å²) < 4.78 is 40.6. The summed E-state index contributed by atoms with van der Waals surface area (Å²) in [6, 6.07) is 8.20. The molecule has 0 saturated heterocycles. The largest absolute Gasteiger partial charge is 0.417 e. The first kappa shape index (κ1) is 13.3. The number of alkyl halides is 3. The summed E-state index contributed by atoms with van der Waals surface area (Å²) in [5.74, 6) is 0.0432. The Morgan fingerprint density at radius 1 is 1.05 bits per heavy atom. The highest BCUT2D eigenvalue weighted by molar-refractivity contribution is 5.84. The Hall–Kier alpha value is -2.70. The standard InChI is InChI=1S/C14H8F3N3O/c15-14(16,17)11-6-2-1-5-10(11)13-19-18-12-9(8-21)4-3-7-20(12)13/h1-8H. The third-order valence-corrected chi connectivity index (χ3v) is 3.07. The molecule has 0 fully saturated rings. The highest BCUT2D eigenvalue weighted by Crippen LogP contribution is 2.36. The molecule has 0 radical (unpaired) electrons. The predicted octanol–water partition coefficient (Wildman–Crippen LogP) is 3.23. The molecule has 0 aliphatic heterocycles. The van der Waals surface area contributed by atoms with E-state index in [4.69, 9.17) is 0 Å². The van der Waals surface area contributed by atoms with Crippen LogP contribution in [0, 0.1) is 0 Å². The van der Waals surface area contributed by atoms with Crippen LogP contribution in [0.3, 0.4) is 0 Å². The van der Waals surface area contributed by atoms with Gasteiger partial charge in [0.15, 0.2) is 17.8 Å². The summed E-state index contributed by atoms with van der Waals surface area (Å²) in [5.41, 5.74) is -0.392. The molecule has 3 aromatic rings. The van der Waals surface area contributed by atoms with Crippen molar-refractivity contribution in [2.45, 2.75) is 6.18 Å². The number of carbonyl (C=O) groups excluding carboxylic acids is 1. The molecule has 3 rings (SSSR count). The van der Waals surface area contributed by atoms with E-state index < -0.39 is 11.7 Å². The van der Waals surface area contributed by atoms with Crippen molar-refractivity contribution in [1.82, 2.24) is 14.6 Å². The molecule has 0 N–H and O–H groups in total. The molecule has 0 bridgehead atoms. The molecule has 0 saturated carbocycles. The van der Waals surface area contributed by atoms with Crippen molar-refractivity contribution in [1.29, 1.82) is 0 Å². The second-order valence-corrected chi connectivity index (χ2v) is 4.34. The van der Waals surface area contributed by atoms with E-state index in [1.54, 1.807) is 6.07 Å². The average Bonchev–Trinajstić information content (AvgIpc) is 2.90. The highest BCUT2D eigenvalue weighted by Gasteiger charge is 2.34. The van der Waals surface area contributed by atoms with Crippen molar-refractivity contribution in [3.8, 4) is 11.4 Å². The van der Waals surface area contributed by atoms with Crippen molar-refractivity contribution in [3.05, 3.63) is 53.7 Å². The third-order valence-electron chi connectivity index (χ3n) is 3.07. The first-order valence-corrected chi connectivity index (χ1v) is 5.98. The second-order valence-electron chi connectivity index (χ2n) is 4.34. The lowest BCUT2D eigenvalue weighted by atomic mass is 10.1. The van der Waals surface area contributed by atoms with Crippen molar-refractivity contribution < 1.29 is 18.0 Å². The average molecular weight is 291 g/mol. The maximum absolute atomic E-state index is 13.1. The van der Waals surface area contributed by atoms with Crippen LogP contribution in [0.1, 0.15) is 15.9 Å². The summed E-state index contributed by atoms with van der Waals surface area (Å²) in [6.07, 6.45) is -2.39. The number of pyridine rings is 1. The van der Waals surface area contributed by atoms with Crippen LogP contribution >= 0.6 is 0 Å². The quantitative estimate of drug-likeness (QED) is 0.681. The molecular weight excluding hydrogens is 283 g/mol. The number of rotatable bonds is 2. The van der Waals surface area contributed by atoms with Gasteiger partial charge in [-0.05, 0) is 18.2 Å². The van der Waals surface area contributed by atoms with Gasteiger partial charge >= 0.3 is 6.18 Å². The molecule has 2 aromatic heterocycles. The molecule has 0 amide bonds. The predicted molar refractivity (Wildman–Crippen MR) is 68.8 cm³/mol. The zero-order valence-corrected chi connectivity index (χ0v) is 10.5. The van der Waals surface area contributed by atoms with Crippen molar-refractivity contribution >= 4 is 11.9 Å². The van der Waals surface area contributed by atoms with E-state index in [1.807, 2.05) is 0 Å². The summed E-state index contributed by atoms with van der Waals surface area (Å²) in [7, 11) is 0. The number of nitrogens with zero attached hydrogens (tertiary/aromatic N) is 3. The van der Waals surface area contributed by atoms with Gasteiger partial charge in [-0.25, -0.2) is 0 Å². The topological polar surface area (TPSA) is 47.3 Å². The van der Waals surface area contributed by atoms with Gasteiger partial charge in [-0.1, -0.05) is 18.2 Å². The summed E-state index contributed by atoms with van der Waals surface area (Å²) >= 11 is 0. The molecule has 7 heteroatoms. The molecule has 0 spiro atoms. The van der Waals surface area contributed by atoms with Crippen LogP contribution in [0.4, 0.5) is 13.2 Å². The van der Waals surface area contributed by atoms with E-state index in [0.717, 1.165) is 6.07 Å². The Morgan fingerprint density at radius 3 is 2.52 bits per heavy atom. The number of fused-ring (bicyclic) bond motifs is 1. The molecule has 21 heavy (non-hydrogen) atoms. The minimum atomic E-state index is -4.50. The Bertz CT molecular complexity index is 824. The Labute approximate surface area is 116 Å². The first-order chi connectivity index (χ1) is 10.0. The number of aromatic nitrogens is 3. The number of hydrogen-bond acceptors (Lipinski definition) is 3. The highest BCUT2D eigenvalue weighted by atomic mass is 19.4. The van der Waals surface area contributed by atoms with E-state index >= 15 is 0 Å². The first-order valence-electron chi connectivity index (χ1n) is 5.98. The van der Waals surface area contributed by atoms with E-state index in [-0.39, 0.29) is 22.6 Å². The fourth-order valence-corrected chi connectivity index (χ4v) is 2.14. The lowest BCUT2D eigenvalue weighted by Gasteiger charge is -2.11. The zero-order valence-electron chi connectivity index (χ0n) is 10.5. The van der Waals surface area contributed by atoms with Crippen LogP contribution < -0.4 is 0 Å². The van der Waals surface area contributed by atoms with E-state index in [1.165, 1.54) is 34.9 Å². The van der Waals surface area contributed by atoms with Gasteiger partial charge in [0.25, 0.3) is 0 Å². The van der Waals surface area contributed by atoms with Gasteiger partial charge in [-0.3, -0.25) is 9.20 Å². The van der Waals surface area contributed by atoms with E-state index in [2.05, 4.69) is 10.2 Å². The van der Waals surface area contributed by atoms with Crippen molar-refractivity contribution in [3.63, 3.8) is 0 Å². The number of halogens is 3. The van der Waals surface area contributed by atoms with Crippen LogP contribution in [0.25, 0.3) is 17.0 Å². The van der Waals surface area contributed by atoms with Gasteiger partial charge in [-0.2, -0.15) is 13.2 Å². The van der Waals surface area contributed by atoms with Gasteiger partial charge in [0.05, 0.1) is 11.1 Å². The van der Waals surface area contributed by atoms with E-state index in [9.17, 15) is 18.0 Å². The maximum Gasteiger partial charge on any atom is 0.417 e. The van der Waals surface area contributed by atoms with Gasteiger partial charge in [0.2, 0.25) is 0 Å². The summed E-state index contributed by atoms with van der Waals surface area (Å²) in [6.45, 7) is 0. The van der Waals surface area contributed by atoms with Gasteiger partial charge in [0, 0.05) is 11.8 Å². The molecule has 0 unspecified atom stereocenters. The summed E-state index contributed by atoms with van der Waals surface area (Å²) in [4.78, 5) is 10.9. The Kier molecular flexibility index (Phi) is 2.97. The molecule has 4 nitrogen and oxygen atoms in total. The van der Waals surface area contributed by atoms with Crippen LogP contribution in [-0.2, 0) is 6.18 Å². The van der Waals surface area contributed by atoms with Crippen LogP contribution in [0.2, 0.25) is 0 Å². The number of carbonyl (C=O) groups is 1. The van der Waals surface area contributed by atoms with Gasteiger partial charge < -0.3 is 0 Å². The SMILES string of the molecule is O=Cc1cccn2c(-c3ccccc3C(F)(F)F)nnc12. The molecule has 1 aromatic carbocycles. The summed E-state index contributed by atoms with van der Waals surface area (Å²) in [5, 5.41) is 7.61. The normalized spacial score (nSPS) is 11.8. The fourth-order valence-electron chi connectivity index (χ4n) is 2.14. The fraction of sp³-hybridized carbons (Fsp3) is 0.0714. The molecule has 2 heterocycles. The van der Waals surface area contributed by atoms with Crippen LogP contribution in [0.15, 0.2) is 42.6 Å². The molecule has 0 aliphatic carbocycles. The number of benzene rings is 1. The maximum atomic E-state index is 13.1. The molecule has 0 atom stereocenters. The zero-order chi connectivity index (χ0) is 15.0. The lowest BCUT2D eigenvalue weighted by Crippen LogP contribution is -2.08. The minimum Gasteiger partial charge on any atom is -0.298 e. The molecule has 0 aliphatic rings. The van der Waals surface area contributed by atoms with Crippen molar-refractivity contribution in [2.24, 2.45) is 0 Å². The number of hydrogen-bond donors (Lipinski definition) is 0. The monoisotopic (exact) mass is 291 g/mol.